The minimum atomic E-state index is -1.02. The first-order valence-electron chi connectivity index (χ1n) is 14.8. The van der Waals surface area contributed by atoms with Crippen LogP contribution in [0.1, 0.15) is 48.3 Å². The Kier molecular flexibility index (Phi) is 5.52. The summed E-state index contributed by atoms with van der Waals surface area (Å²) in [4.78, 5) is 40.7. The average Bonchev–Trinajstić information content (AvgIpc) is 3.66. The first-order chi connectivity index (χ1) is 20.8. The molecule has 2 aromatic heterocycles. The Morgan fingerprint density at radius 2 is 1.77 bits per heavy atom. The third kappa shape index (κ3) is 3.27. The second kappa shape index (κ2) is 9.05. The number of para-hydroxylation sites is 2. The van der Waals surface area contributed by atoms with Crippen LogP contribution in [0.15, 0.2) is 48.5 Å². The van der Waals surface area contributed by atoms with E-state index in [1.54, 1.807) is 26.1 Å². The van der Waals surface area contributed by atoms with Crippen LogP contribution in [0.4, 0.5) is 0 Å². The number of nitrogens with zero attached hydrogens (tertiary/aromatic N) is 3. The number of aromatic nitrogens is 2. The molecule has 0 radical (unpaired) electrons. The van der Waals surface area contributed by atoms with E-state index < -0.39 is 18.1 Å². The van der Waals surface area contributed by atoms with Crippen molar-refractivity contribution < 1.29 is 23.9 Å². The molecule has 2 N–H and O–H groups in total. The molecule has 2 bridgehead atoms. The van der Waals surface area contributed by atoms with Gasteiger partial charge >= 0.3 is 0 Å². The van der Waals surface area contributed by atoms with E-state index in [1.165, 1.54) is 0 Å². The van der Waals surface area contributed by atoms with Crippen LogP contribution >= 0.6 is 0 Å². The molecule has 3 aliphatic heterocycles. The lowest BCUT2D eigenvalue weighted by Gasteiger charge is -2.50. The smallest absolute Gasteiger partial charge is 0.252 e. The SMILES string of the molecule is CNC(=O)CCC(=O)N(C)[C@@H]1C[C@H]2O[C@@](C)([C@@H]1OC)n1c3ccccc3c3c4c(c5c6ccccc6n2c5c31)C(=O)NC4. The molecule has 5 heterocycles. The van der Waals surface area contributed by atoms with Crippen molar-refractivity contribution in [2.24, 2.45) is 0 Å². The second-order valence-corrected chi connectivity index (χ2v) is 12.0. The van der Waals surface area contributed by atoms with Crippen LogP contribution in [0.5, 0.6) is 0 Å². The van der Waals surface area contributed by atoms with Gasteiger partial charge < -0.3 is 34.1 Å². The van der Waals surface area contributed by atoms with Crippen LogP contribution < -0.4 is 10.6 Å². The highest BCUT2D eigenvalue weighted by Gasteiger charge is 2.54. The van der Waals surface area contributed by atoms with E-state index in [9.17, 15) is 14.4 Å². The third-order valence-electron chi connectivity index (χ3n) is 9.93. The van der Waals surface area contributed by atoms with Gasteiger partial charge in [-0.3, -0.25) is 14.4 Å². The van der Waals surface area contributed by atoms with Crippen LogP contribution in [0.3, 0.4) is 0 Å². The molecule has 0 unspecified atom stereocenters. The summed E-state index contributed by atoms with van der Waals surface area (Å²) >= 11 is 0. The Hall–Kier alpha value is -4.41. The zero-order chi connectivity index (χ0) is 29.8. The van der Waals surface area contributed by atoms with Gasteiger partial charge in [0.15, 0.2) is 5.72 Å². The summed E-state index contributed by atoms with van der Waals surface area (Å²) in [5, 5.41) is 9.71. The van der Waals surface area contributed by atoms with Gasteiger partial charge in [-0.25, -0.2) is 0 Å². The number of carbonyl (C=O) groups is 3. The number of methoxy groups -OCH3 is 1. The summed E-state index contributed by atoms with van der Waals surface area (Å²) < 4.78 is 17.9. The molecule has 0 aliphatic carbocycles. The fourth-order valence-electron chi connectivity index (χ4n) is 8.10. The number of amides is 3. The van der Waals surface area contributed by atoms with Crippen LogP contribution in [0, 0.1) is 0 Å². The number of fused-ring (bicyclic) bond motifs is 13. The fourth-order valence-corrected chi connectivity index (χ4v) is 8.10. The van der Waals surface area contributed by atoms with E-state index in [-0.39, 0.29) is 36.6 Å². The molecule has 43 heavy (non-hydrogen) atoms. The number of hydrogen-bond donors (Lipinski definition) is 2. The number of benzene rings is 3. The maximum Gasteiger partial charge on any atom is 0.252 e. The van der Waals surface area contributed by atoms with Gasteiger partial charge in [0, 0.05) is 68.6 Å². The first kappa shape index (κ1) is 26.2. The van der Waals surface area contributed by atoms with Crippen molar-refractivity contribution in [3.8, 4) is 0 Å². The van der Waals surface area contributed by atoms with E-state index in [4.69, 9.17) is 9.47 Å². The van der Waals surface area contributed by atoms with E-state index >= 15 is 0 Å². The summed E-state index contributed by atoms with van der Waals surface area (Å²) in [6.45, 7) is 2.50. The van der Waals surface area contributed by atoms with Crippen LogP contribution in [0.2, 0.25) is 0 Å². The first-order valence-corrected chi connectivity index (χ1v) is 14.8. The molecular formula is C33H33N5O5. The molecule has 8 rings (SSSR count). The van der Waals surface area contributed by atoms with Crippen molar-refractivity contribution in [1.82, 2.24) is 24.7 Å². The molecule has 10 nitrogen and oxygen atoms in total. The van der Waals surface area contributed by atoms with Crippen molar-refractivity contribution >= 4 is 61.3 Å². The molecule has 0 saturated carbocycles. The maximum atomic E-state index is 13.5. The van der Waals surface area contributed by atoms with Gasteiger partial charge in [0.2, 0.25) is 11.8 Å². The monoisotopic (exact) mass is 579 g/mol. The molecule has 4 atom stereocenters. The van der Waals surface area contributed by atoms with Crippen molar-refractivity contribution in [2.45, 2.75) is 56.8 Å². The molecule has 3 amide bonds. The topological polar surface area (TPSA) is 107 Å². The third-order valence-corrected chi connectivity index (χ3v) is 9.93. The zero-order valence-electron chi connectivity index (χ0n) is 24.6. The number of nitrogens with one attached hydrogen (secondary N) is 2. The normalized spacial score (nSPS) is 24.1. The summed E-state index contributed by atoms with van der Waals surface area (Å²) in [7, 11) is 5.03. The minimum absolute atomic E-state index is 0.0647. The molecule has 3 aliphatic rings. The highest BCUT2D eigenvalue weighted by Crippen LogP contribution is 2.54. The molecule has 5 aromatic rings. The highest BCUT2D eigenvalue weighted by atomic mass is 16.6. The van der Waals surface area contributed by atoms with Gasteiger partial charge in [0.05, 0.1) is 33.7 Å². The van der Waals surface area contributed by atoms with Crippen molar-refractivity contribution in [1.29, 1.82) is 0 Å². The van der Waals surface area contributed by atoms with Gasteiger partial charge in [-0.1, -0.05) is 36.4 Å². The van der Waals surface area contributed by atoms with Crippen molar-refractivity contribution in [3.63, 3.8) is 0 Å². The fraction of sp³-hybridized carbons (Fsp3) is 0.364. The van der Waals surface area contributed by atoms with Gasteiger partial charge in [0.1, 0.15) is 12.3 Å². The van der Waals surface area contributed by atoms with E-state index in [1.807, 2.05) is 31.2 Å². The van der Waals surface area contributed by atoms with Crippen molar-refractivity contribution in [3.05, 3.63) is 59.7 Å². The minimum Gasteiger partial charge on any atom is -0.374 e. The largest absolute Gasteiger partial charge is 0.374 e. The Morgan fingerprint density at radius 1 is 1.07 bits per heavy atom. The molecule has 220 valence electrons. The predicted molar refractivity (Wildman–Crippen MR) is 163 cm³/mol. The van der Waals surface area contributed by atoms with Crippen molar-refractivity contribution in [2.75, 3.05) is 21.2 Å². The lowest BCUT2D eigenvalue weighted by Crippen LogP contribution is -2.61. The molecule has 1 saturated heterocycles. The van der Waals surface area contributed by atoms with Gasteiger partial charge in [0.25, 0.3) is 5.91 Å². The van der Waals surface area contributed by atoms with E-state index in [0.29, 0.717) is 13.0 Å². The maximum absolute atomic E-state index is 13.5. The zero-order valence-corrected chi connectivity index (χ0v) is 24.6. The highest BCUT2D eigenvalue weighted by molar-refractivity contribution is 6.31. The standard InChI is InChI=1S/C33H33N5O5/c1-33-31(42-4)22(36(3)24(40)14-13-23(39)34-2)15-25(43-33)37-20-11-7-5-9-17(20)27-28-19(16-35-32(28)41)26-18-10-6-8-12-21(18)38(33)30(26)29(27)37/h5-12,22,25,31H,13-16H2,1-4H3,(H,34,39)(H,35,41)/t22-,25-,31-,33+/m1/s1. The summed E-state index contributed by atoms with van der Waals surface area (Å²) in [5.74, 6) is -0.367. The number of rotatable bonds is 5. The quantitative estimate of drug-likeness (QED) is 0.326. The van der Waals surface area contributed by atoms with Crippen LogP contribution in [-0.2, 0) is 31.3 Å². The predicted octanol–water partition coefficient (Wildman–Crippen LogP) is 4.12. The Balaban J connectivity index is 1.47. The summed E-state index contributed by atoms with van der Waals surface area (Å²) in [6.07, 6.45) is -0.303. The number of ether oxygens (including phenoxy) is 2. The molecule has 0 spiro atoms. The second-order valence-electron chi connectivity index (χ2n) is 12.0. The number of carbonyl (C=O) groups excluding carboxylic acids is 3. The van der Waals surface area contributed by atoms with E-state index in [0.717, 1.165) is 54.7 Å². The Bertz CT molecular complexity index is 2040. The number of hydrogen-bond acceptors (Lipinski definition) is 5. The molecule has 3 aromatic carbocycles. The summed E-state index contributed by atoms with van der Waals surface area (Å²) in [5.41, 5.74) is 4.62. The summed E-state index contributed by atoms with van der Waals surface area (Å²) in [6, 6.07) is 16.0. The number of likely N-dealkylation sites (N-methyl/N-ethyl adjacent to an activating group) is 1. The average molecular weight is 580 g/mol. The lowest BCUT2D eigenvalue weighted by atomic mass is 9.91. The van der Waals surface area contributed by atoms with Gasteiger partial charge in [-0.15, -0.1) is 0 Å². The van der Waals surface area contributed by atoms with Gasteiger partial charge in [-0.2, -0.15) is 0 Å². The molecule has 10 heteroatoms. The Labute approximate surface area is 247 Å². The Morgan fingerprint density at radius 3 is 2.49 bits per heavy atom. The lowest BCUT2D eigenvalue weighted by molar-refractivity contribution is -0.266. The van der Waals surface area contributed by atoms with Crippen LogP contribution in [0.25, 0.3) is 43.6 Å². The van der Waals surface area contributed by atoms with E-state index in [2.05, 4.69) is 44.0 Å². The molecular weight excluding hydrogens is 546 g/mol. The van der Waals surface area contributed by atoms with Crippen LogP contribution in [-0.4, -0.2) is 65.1 Å². The molecule has 1 fully saturated rings. The van der Waals surface area contributed by atoms with Gasteiger partial charge in [-0.05, 0) is 24.6 Å².